The monoisotopic (exact) mass is 262 g/mol. The van der Waals surface area contributed by atoms with Gasteiger partial charge in [-0.1, -0.05) is 13.8 Å². The number of sulfone groups is 1. The van der Waals surface area contributed by atoms with E-state index in [1.54, 1.807) is 0 Å². The van der Waals surface area contributed by atoms with E-state index >= 15 is 0 Å². The summed E-state index contributed by atoms with van der Waals surface area (Å²) in [5.41, 5.74) is 5.86. The molecular formula is C12H26N2O2S. The third kappa shape index (κ3) is 3.20. The summed E-state index contributed by atoms with van der Waals surface area (Å²) in [5.74, 6) is 0.578. The first kappa shape index (κ1) is 14.9. The van der Waals surface area contributed by atoms with Crippen LogP contribution in [0.1, 0.15) is 40.0 Å². The van der Waals surface area contributed by atoms with Gasteiger partial charge in [-0.15, -0.1) is 0 Å². The van der Waals surface area contributed by atoms with Gasteiger partial charge in [0.1, 0.15) is 9.84 Å². The van der Waals surface area contributed by atoms with E-state index in [-0.39, 0.29) is 17.0 Å². The van der Waals surface area contributed by atoms with Crippen LogP contribution in [-0.2, 0) is 9.84 Å². The first-order valence-electron chi connectivity index (χ1n) is 6.58. The zero-order valence-electron chi connectivity index (χ0n) is 11.3. The lowest BCUT2D eigenvalue weighted by atomic mass is 9.88. The van der Waals surface area contributed by atoms with Crippen LogP contribution in [0.5, 0.6) is 0 Å². The van der Waals surface area contributed by atoms with Crippen molar-refractivity contribution in [2.24, 2.45) is 5.73 Å². The van der Waals surface area contributed by atoms with E-state index in [1.165, 1.54) is 0 Å². The summed E-state index contributed by atoms with van der Waals surface area (Å²) in [6.45, 7) is 7.99. The van der Waals surface area contributed by atoms with Crippen molar-refractivity contribution in [3.05, 3.63) is 0 Å². The predicted molar refractivity (Wildman–Crippen MR) is 71.8 cm³/mol. The minimum Gasteiger partial charge on any atom is -0.329 e. The number of rotatable bonds is 5. The van der Waals surface area contributed by atoms with Crippen molar-refractivity contribution in [1.29, 1.82) is 0 Å². The quantitative estimate of drug-likeness (QED) is 0.803. The Morgan fingerprint density at radius 3 is 2.18 bits per heavy atom. The predicted octanol–water partition coefficient (Wildman–Crippen LogP) is 1.01. The molecule has 1 aliphatic heterocycles. The number of nitrogens with zero attached hydrogens (tertiary/aromatic N) is 1. The molecule has 0 bridgehead atoms. The molecule has 0 aromatic heterocycles. The fraction of sp³-hybridized carbons (Fsp3) is 1.00. The molecule has 1 rings (SSSR count). The summed E-state index contributed by atoms with van der Waals surface area (Å²) in [7, 11) is -2.82. The first-order valence-corrected chi connectivity index (χ1v) is 8.40. The molecule has 2 N–H and O–H groups in total. The van der Waals surface area contributed by atoms with E-state index in [1.807, 2.05) is 0 Å². The summed E-state index contributed by atoms with van der Waals surface area (Å²) in [4.78, 5) is 2.40. The molecule has 0 spiro atoms. The van der Waals surface area contributed by atoms with Crippen molar-refractivity contribution in [2.45, 2.75) is 51.6 Å². The van der Waals surface area contributed by atoms with Gasteiger partial charge in [0.25, 0.3) is 0 Å². The second-order valence-electron chi connectivity index (χ2n) is 5.12. The Morgan fingerprint density at radius 2 is 1.82 bits per heavy atom. The second kappa shape index (κ2) is 5.67. The molecule has 1 saturated heterocycles. The van der Waals surface area contributed by atoms with Crippen LogP contribution >= 0.6 is 0 Å². The van der Waals surface area contributed by atoms with Crippen LogP contribution in [0.3, 0.4) is 0 Å². The Hall–Kier alpha value is -0.130. The lowest BCUT2D eigenvalue weighted by molar-refractivity contribution is 0.0493. The van der Waals surface area contributed by atoms with Gasteiger partial charge >= 0.3 is 0 Å². The van der Waals surface area contributed by atoms with E-state index < -0.39 is 9.84 Å². The molecular weight excluding hydrogens is 236 g/mol. The van der Waals surface area contributed by atoms with Crippen molar-refractivity contribution in [3.63, 3.8) is 0 Å². The summed E-state index contributed by atoms with van der Waals surface area (Å²) in [5, 5.41) is 0. The van der Waals surface area contributed by atoms with Crippen LogP contribution in [0.25, 0.3) is 0 Å². The molecule has 0 radical (unpaired) electrons. The largest absolute Gasteiger partial charge is 0.329 e. The molecule has 102 valence electrons. The first-order chi connectivity index (χ1) is 7.90. The number of hydrogen-bond acceptors (Lipinski definition) is 4. The molecule has 4 nitrogen and oxygen atoms in total. The molecule has 17 heavy (non-hydrogen) atoms. The molecule has 0 aliphatic carbocycles. The smallest absolute Gasteiger partial charge is 0.150 e. The molecule has 1 fully saturated rings. The lowest BCUT2D eigenvalue weighted by Crippen LogP contribution is -2.60. The summed E-state index contributed by atoms with van der Waals surface area (Å²) in [6, 6.07) is 0.462. The van der Waals surface area contributed by atoms with Crippen LogP contribution < -0.4 is 5.73 Å². The summed E-state index contributed by atoms with van der Waals surface area (Å²) in [6.07, 6.45) is 2.44. The zero-order chi connectivity index (χ0) is 13.1. The average Bonchev–Trinajstić information content (AvgIpc) is 2.32. The van der Waals surface area contributed by atoms with Gasteiger partial charge in [-0.25, -0.2) is 8.42 Å². The Balaban J connectivity index is 2.88. The van der Waals surface area contributed by atoms with Crippen molar-refractivity contribution in [2.75, 3.05) is 24.6 Å². The zero-order valence-corrected chi connectivity index (χ0v) is 12.1. The van der Waals surface area contributed by atoms with E-state index in [9.17, 15) is 8.42 Å². The van der Waals surface area contributed by atoms with Crippen LogP contribution in [-0.4, -0.2) is 49.5 Å². The Kier molecular flexibility index (Phi) is 4.98. The molecule has 1 unspecified atom stereocenters. The Labute approximate surface area is 105 Å². The molecule has 1 heterocycles. The van der Waals surface area contributed by atoms with Crippen LogP contribution in [0.4, 0.5) is 0 Å². The van der Waals surface area contributed by atoms with E-state index in [4.69, 9.17) is 5.73 Å². The summed E-state index contributed by atoms with van der Waals surface area (Å²) < 4.78 is 23.1. The minimum atomic E-state index is -2.82. The Bertz CT molecular complexity index is 326. The standard InChI is InChI=1S/C12H26N2O2S/c1-4-11(3)14(5-2)12(10-13)6-8-17(15,16)9-7-12/h11H,4-10,13H2,1-3H3. The van der Waals surface area contributed by atoms with Crippen molar-refractivity contribution >= 4 is 9.84 Å². The molecule has 0 amide bonds. The number of nitrogens with two attached hydrogens (primary N) is 1. The maximum atomic E-state index is 11.5. The third-order valence-electron chi connectivity index (χ3n) is 4.21. The SMILES string of the molecule is CCC(C)N(CC)C1(CN)CCS(=O)(=O)CC1. The van der Waals surface area contributed by atoms with Gasteiger partial charge in [-0.05, 0) is 32.7 Å². The highest BCUT2D eigenvalue weighted by atomic mass is 32.2. The fourth-order valence-electron chi connectivity index (χ4n) is 2.86. The fourth-order valence-corrected chi connectivity index (χ4v) is 4.45. The second-order valence-corrected chi connectivity index (χ2v) is 7.43. The van der Waals surface area contributed by atoms with Crippen LogP contribution in [0, 0.1) is 0 Å². The maximum Gasteiger partial charge on any atom is 0.150 e. The van der Waals surface area contributed by atoms with Crippen LogP contribution in [0.2, 0.25) is 0 Å². The van der Waals surface area contributed by atoms with Gasteiger partial charge < -0.3 is 5.73 Å². The van der Waals surface area contributed by atoms with Gasteiger partial charge in [0.15, 0.2) is 0 Å². The van der Waals surface area contributed by atoms with Crippen LogP contribution in [0.15, 0.2) is 0 Å². The number of likely N-dealkylation sites (N-methyl/N-ethyl adjacent to an activating group) is 1. The molecule has 1 atom stereocenters. The van der Waals surface area contributed by atoms with E-state index in [2.05, 4.69) is 25.7 Å². The lowest BCUT2D eigenvalue weighted by Gasteiger charge is -2.48. The molecule has 0 aromatic carbocycles. The topological polar surface area (TPSA) is 63.4 Å². The van der Waals surface area contributed by atoms with Crippen molar-refractivity contribution in [3.8, 4) is 0 Å². The van der Waals surface area contributed by atoms with Gasteiger partial charge in [-0.2, -0.15) is 0 Å². The van der Waals surface area contributed by atoms with Crippen molar-refractivity contribution < 1.29 is 8.42 Å². The third-order valence-corrected chi connectivity index (χ3v) is 5.86. The minimum absolute atomic E-state index is 0.102. The molecule has 1 aliphatic rings. The van der Waals surface area contributed by atoms with Gasteiger partial charge in [-0.3, -0.25) is 4.90 Å². The average molecular weight is 262 g/mol. The highest BCUT2D eigenvalue weighted by molar-refractivity contribution is 7.91. The highest BCUT2D eigenvalue weighted by Gasteiger charge is 2.41. The normalized spacial score (nSPS) is 24.8. The van der Waals surface area contributed by atoms with Crippen molar-refractivity contribution in [1.82, 2.24) is 4.90 Å². The van der Waals surface area contributed by atoms with E-state index in [0.717, 1.165) is 13.0 Å². The molecule has 5 heteroatoms. The van der Waals surface area contributed by atoms with E-state index in [0.29, 0.717) is 25.4 Å². The molecule has 0 saturated carbocycles. The summed E-state index contributed by atoms with van der Waals surface area (Å²) >= 11 is 0. The Morgan fingerprint density at radius 1 is 1.29 bits per heavy atom. The maximum absolute atomic E-state index is 11.5. The van der Waals surface area contributed by atoms with Gasteiger partial charge in [0, 0.05) is 18.1 Å². The highest BCUT2D eigenvalue weighted by Crippen LogP contribution is 2.31. The van der Waals surface area contributed by atoms with Gasteiger partial charge in [0.2, 0.25) is 0 Å². The van der Waals surface area contributed by atoms with Gasteiger partial charge in [0.05, 0.1) is 11.5 Å². The molecule has 0 aromatic rings. The number of hydrogen-bond donors (Lipinski definition) is 1.